The quantitative estimate of drug-likeness (QED) is 0.470. The lowest BCUT2D eigenvalue weighted by atomic mass is 10.2. The van der Waals surface area contributed by atoms with E-state index in [1.54, 1.807) is 0 Å². The van der Waals surface area contributed by atoms with Crippen molar-refractivity contribution in [1.29, 1.82) is 0 Å². The number of nitro benzene ring substituents is 1. The molecule has 2 amide bonds. The fraction of sp³-hybridized carbons (Fsp3) is 0.125. The van der Waals surface area contributed by atoms with Gasteiger partial charge >= 0.3 is 0 Å². The summed E-state index contributed by atoms with van der Waals surface area (Å²) < 4.78 is 25.4. The van der Waals surface area contributed by atoms with Crippen LogP contribution in [0.5, 0.6) is 0 Å². The first-order chi connectivity index (χ1) is 12.7. The van der Waals surface area contributed by atoms with Gasteiger partial charge in [-0.25, -0.2) is 13.1 Å². The predicted molar refractivity (Wildman–Crippen MR) is 96.7 cm³/mol. The maximum absolute atomic E-state index is 12.0. The summed E-state index contributed by atoms with van der Waals surface area (Å²) in [6.07, 6.45) is 0. The molecule has 0 aliphatic rings. The lowest BCUT2D eigenvalue weighted by Gasteiger charge is -2.08. The molecule has 0 radical (unpaired) electrons. The van der Waals surface area contributed by atoms with Crippen LogP contribution < -0.4 is 15.4 Å². The molecule has 3 N–H and O–H groups in total. The number of carbonyl (C=O) groups excluding carboxylic acids is 2. The Bertz CT molecular complexity index is 973. The maximum Gasteiger partial charge on any atom is 0.270 e. The number of non-ortho nitro benzene ring substituents is 1. The third-order valence-corrected chi connectivity index (χ3v) is 4.88. The third-order valence-electron chi connectivity index (χ3n) is 3.45. The molecule has 2 aromatic carbocycles. The highest BCUT2D eigenvalue weighted by molar-refractivity contribution is 7.89. The van der Waals surface area contributed by atoms with Gasteiger partial charge in [0.1, 0.15) is 0 Å². The molecule has 0 fully saturated rings. The highest BCUT2D eigenvalue weighted by atomic mass is 32.2. The summed E-state index contributed by atoms with van der Waals surface area (Å²) in [6, 6.07) is 10.6. The summed E-state index contributed by atoms with van der Waals surface area (Å²) in [5.74, 6) is -1.18. The van der Waals surface area contributed by atoms with Crippen molar-refractivity contribution in [1.82, 2.24) is 10.0 Å². The molecular formula is C16H16N4O6S. The average molecular weight is 392 g/mol. The third kappa shape index (κ3) is 5.33. The number of sulfonamides is 1. The summed E-state index contributed by atoms with van der Waals surface area (Å²) in [5.41, 5.74) is 0.169. The van der Waals surface area contributed by atoms with Gasteiger partial charge in [0.2, 0.25) is 15.9 Å². The maximum atomic E-state index is 12.0. The number of carbonyl (C=O) groups is 2. The van der Waals surface area contributed by atoms with Crippen LogP contribution in [-0.2, 0) is 14.8 Å². The van der Waals surface area contributed by atoms with Gasteiger partial charge < -0.3 is 10.6 Å². The van der Waals surface area contributed by atoms with Gasteiger partial charge in [-0.05, 0) is 37.4 Å². The normalized spacial score (nSPS) is 10.9. The minimum atomic E-state index is -3.57. The Hall–Kier alpha value is -3.31. The van der Waals surface area contributed by atoms with Gasteiger partial charge in [-0.3, -0.25) is 19.7 Å². The van der Waals surface area contributed by atoms with Gasteiger partial charge in [-0.15, -0.1) is 0 Å². The minimum absolute atomic E-state index is 0.0435. The fourth-order valence-corrected chi connectivity index (χ4v) is 2.79. The first-order valence-electron chi connectivity index (χ1n) is 7.59. The number of nitrogens with one attached hydrogen (secondary N) is 3. The number of amides is 2. The van der Waals surface area contributed by atoms with Crippen LogP contribution in [0.2, 0.25) is 0 Å². The Kier molecular flexibility index (Phi) is 6.21. The number of hydrogen-bond donors (Lipinski definition) is 3. The molecule has 27 heavy (non-hydrogen) atoms. The van der Waals surface area contributed by atoms with Gasteiger partial charge in [0, 0.05) is 23.4 Å². The summed E-state index contributed by atoms with van der Waals surface area (Å²) in [7, 11) is -2.29. The van der Waals surface area contributed by atoms with Gasteiger partial charge in [0.25, 0.3) is 11.6 Å². The van der Waals surface area contributed by atoms with Crippen molar-refractivity contribution < 1.29 is 22.9 Å². The lowest BCUT2D eigenvalue weighted by Crippen LogP contribution is -2.32. The molecule has 11 heteroatoms. The molecule has 0 heterocycles. The van der Waals surface area contributed by atoms with Gasteiger partial charge in [-0.1, -0.05) is 6.07 Å². The number of hydrogen-bond acceptors (Lipinski definition) is 6. The van der Waals surface area contributed by atoms with Crippen molar-refractivity contribution in [3.63, 3.8) is 0 Å². The second-order valence-corrected chi connectivity index (χ2v) is 7.16. The Balaban J connectivity index is 1.93. The zero-order chi connectivity index (χ0) is 20.0. The van der Waals surface area contributed by atoms with E-state index in [2.05, 4.69) is 15.4 Å². The van der Waals surface area contributed by atoms with Crippen LogP contribution in [0.1, 0.15) is 10.4 Å². The van der Waals surface area contributed by atoms with Gasteiger partial charge in [0.05, 0.1) is 16.4 Å². The zero-order valence-electron chi connectivity index (χ0n) is 14.1. The van der Waals surface area contributed by atoms with E-state index in [4.69, 9.17) is 0 Å². The van der Waals surface area contributed by atoms with Crippen LogP contribution in [-0.4, -0.2) is 38.7 Å². The van der Waals surface area contributed by atoms with Crippen molar-refractivity contribution in [2.24, 2.45) is 0 Å². The monoisotopic (exact) mass is 392 g/mol. The van der Waals surface area contributed by atoms with Crippen LogP contribution in [0.3, 0.4) is 0 Å². The van der Waals surface area contributed by atoms with Gasteiger partial charge in [0.15, 0.2) is 0 Å². The van der Waals surface area contributed by atoms with Crippen LogP contribution in [0, 0.1) is 10.1 Å². The molecule has 10 nitrogen and oxygen atoms in total. The Labute approximate surface area is 154 Å². The molecule has 2 aromatic rings. The molecule has 0 spiro atoms. The second kappa shape index (κ2) is 8.38. The smallest absolute Gasteiger partial charge is 0.270 e. The molecule has 0 atom stereocenters. The fourth-order valence-electron chi connectivity index (χ4n) is 2.06. The molecule has 0 saturated heterocycles. The Morgan fingerprint density at radius 1 is 1.11 bits per heavy atom. The van der Waals surface area contributed by atoms with Crippen LogP contribution in [0.4, 0.5) is 11.4 Å². The van der Waals surface area contributed by atoms with Crippen LogP contribution in [0.25, 0.3) is 0 Å². The minimum Gasteiger partial charge on any atom is -0.343 e. The summed E-state index contributed by atoms with van der Waals surface area (Å²) >= 11 is 0. The van der Waals surface area contributed by atoms with Crippen molar-refractivity contribution in [2.45, 2.75) is 4.90 Å². The van der Waals surface area contributed by atoms with Crippen molar-refractivity contribution in [3.05, 3.63) is 64.2 Å². The van der Waals surface area contributed by atoms with E-state index < -0.39 is 26.8 Å². The Morgan fingerprint density at radius 2 is 1.78 bits per heavy atom. The topological polar surface area (TPSA) is 148 Å². The van der Waals surface area contributed by atoms with E-state index >= 15 is 0 Å². The number of nitrogens with zero attached hydrogens (tertiary/aromatic N) is 1. The van der Waals surface area contributed by atoms with E-state index in [9.17, 15) is 28.1 Å². The molecule has 0 aliphatic heterocycles. The molecule has 142 valence electrons. The van der Waals surface area contributed by atoms with E-state index in [0.29, 0.717) is 5.69 Å². The van der Waals surface area contributed by atoms with E-state index in [1.165, 1.54) is 49.5 Å². The van der Waals surface area contributed by atoms with Crippen LogP contribution in [0.15, 0.2) is 53.4 Å². The van der Waals surface area contributed by atoms with E-state index in [0.717, 1.165) is 6.07 Å². The summed E-state index contributed by atoms with van der Waals surface area (Å²) in [5, 5.41) is 15.6. The predicted octanol–water partition coefficient (Wildman–Crippen LogP) is 0.871. The first-order valence-corrected chi connectivity index (χ1v) is 9.07. The average Bonchev–Trinajstić information content (AvgIpc) is 2.66. The standard InChI is InChI=1S/C16H16N4O6S/c1-17-27(25,26)14-7-5-12(6-8-14)19-15(21)10-18-16(22)11-3-2-4-13(9-11)20(23)24/h2-9,17H,10H2,1H3,(H,18,22)(H,19,21). The number of rotatable bonds is 7. The van der Waals surface area contributed by atoms with Gasteiger partial charge in [-0.2, -0.15) is 0 Å². The van der Waals surface area contributed by atoms with E-state index in [-0.39, 0.29) is 22.7 Å². The molecular weight excluding hydrogens is 376 g/mol. The zero-order valence-corrected chi connectivity index (χ0v) is 14.9. The molecule has 0 saturated carbocycles. The van der Waals surface area contributed by atoms with Crippen molar-refractivity contribution in [2.75, 3.05) is 18.9 Å². The molecule has 2 rings (SSSR count). The number of benzene rings is 2. The Morgan fingerprint density at radius 3 is 2.37 bits per heavy atom. The molecule has 0 aliphatic carbocycles. The molecule has 0 unspecified atom stereocenters. The van der Waals surface area contributed by atoms with Crippen molar-refractivity contribution in [3.8, 4) is 0 Å². The molecule has 0 aromatic heterocycles. The SMILES string of the molecule is CNS(=O)(=O)c1ccc(NC(=O)CNC(=O)c2cccc([N+](=O)[O-])c2)cc1. The van der Waals surface area contributed by atoms with E-state index in [1.807, 2.05) is 0 Å². The largest absolute Gasteiger partial charge is 0.343 e. The highest BCUT2D eigenvalue weighted by Crippen LogP contribution is 2.14. The second-order valence-electron chi connectivity index (χ2n) is 5.27. The van der Waals surface area contributed by atoms with Crippen LogP contribution >= 0.6 is 0 Å². The summed E-state index contributed by atoms with van der Waals surface area (Å²) in [6.45, 7) is -0.363. The number of anilines is 1. The van der Waals surface area contributed by atoms with Crippen molar-refractivity contribution >= 4 is 33.2 Å². The summed E-state index contributed by atoms with van der Waals surface area (Å²) in [4.78, 5) is 34.0. The first kappa shape index (κ1) is 20.0. The highest BCUT2D eigenvalue weighted by Gasteiger charge is 2.13. The molecule has 0 bridgehead atoms. The number of nitro groups is 1. The lowest BCUT2D eigenvalue weighted by molar-refractivity contribution is -0.384.